The molecule has 0 atom stereocenters. The first-order valence-corrected chi connectivity index (χ1v) is 9.69. The summed E-state index contributed by atoms with van der Waals surface area (Å²) in [6, 6.07) is 2.75. The molecule has 0 bridgehead atoms. The van der Waals surface area contributed by atoms with E-state index in [9.17, 15) is 16.8 Å². The molecule has 0 amide bonds. The molecule has 5 nitrogen and oxygen atoms in total. The van der Waals surface area contributed by atoms with Gasteiger partial charge >= 0.3 is 0 Å². The molecule has 0 saturated heterocycles. The molecule has 0 unspecified atom stereocenters. The highest BCUT2D eigenvalue weighted by Crippen LogP contribution is 2.32. The van der Waals surface area contributed by atoms with E-state index in [1.54, 1.807) is 6.92 Å². The van der Waals surface area contributed by atoms with E-state index in [0.717, 1.165) is 6.26 Å². The third-order valence-electron chi connectivity index (χ3n) is 2.53. The van der Waals surface area contributed by atoms with Crippen LogP contribution >= 0.6 is 10.7 Å². The Bertz CT molecular complexity index is 694. The summed E-state index contributed by atoms with van der Waals surface area (Å²) in [7, 11) is -1.96. The molecule has 0 aromatic heterocycles. The topological polar surface area (TPSA) is 80.3 Å². The fourth-order valence-electron chi connectivity index (χ4n) is 1.70. The van der Waals surface area contributed by atoms with E-state index in [1.165, 1.54) is 12.1 Å². The van der Waals surface area contributed by atoms with Crippen LogP contribution in [0.5, 0.6) is 0 Å². The SMILES string of the molecule is Cc1cc(S(=O)(=O)Cl)cc(C(C)C)c1NS(C)(=O)=O. The van der Waals surface area contributed by atoms with Crippen LogP contribution in [-0.4, -0.2) is 23.1 Å². The first-order valence-electron chi connectivity index (χ1n) is 5.49. The number of anilines is 1. The normalized spacial score (nSPS) is 12.7. The molecule has 0 heterocycles. The summed E-state index contributed by atoms with van der Waals surface area (Å²) in [6.07, 6.45) is 1.04. The molecule has 8 heteroatoms. The summed E-state index contributed by atoms with van der Waals surface area (Å²) in [6.45, 7) is 5.31. The van der Waals surface area contributed by atoms with E-state index in [4.69, 9.17) is 10.7 Å². The second-order valence-corrected chi connectivity index (χ2v) is 8.99. The predicted molar refractivity (Wildman–Crippen MR) is 76.8 cm³/mol. The minimum Gasteiger partial charge on any atom is -0.283 e. The summed E-state index contributed by atoms with van der Waals surface area (Å²) < 4.78 is 47.9. The van der Waals surface area contributed by atoms with Gasteiger partial charge in [0.2, 0.25) is 10.0 Å². The number of sulfonamides is 1. The molecular weight excluding hydrogens is 310 g/mol. The van der Waals surface area contributed by atoms with E-state index >= 15 is 0 Å². The summed E-state index contributed by atoms with van der Waals surface area (Å²) in [5.74, 6) is -0.0543. The minimum atomic E-state index is -3.85. The molecule has 1 N–H and O–H groups in total. The van der Waals surface area contributed by atoms with Crippen molar-refractivity contribution >= 4 is 35.4 Å². The van der Waals surface area contributed by atoms with Crippen molar-refractivity contribution in [3.8, 4) is 0 Å². The van der Waals surface area contributed by atoms with Gasteiger partial charge in [-0.25, -0.2) is 16.8 Å². The average Bonchev–Trinajstić information content (AvgIpc) is 2.16. The Labute approximate surface area is 118 Å². The number of nitrogens with one attached hydrogen (secondary N) is 1. The summed E-state index contributed by atoms with van der Waals surface area (Å²) in [4.78, 5) is -0.0329. The molecule has 19 heavy (non-hydrogen) atoms. The molecular formula is C11H16ClNO4S2. The zero-order valence-electron chi connectivity index (χ0n) is 11.1. The van der Waals surface area contributed by atoms with Gasteiger partial charge in [-0.3, -0.25) is 4.72 Å². The van der Waals surface area contributed by atoms with E-state index in [1.807, 2.05) is 13.8 Å². The van der Waals surface area contributed by atoms with Gasteiger partial charge in [0.25, 0.3) is 9.05 Å². The molecule has 0 spiro atoms. The largest absolute Gasteiger partial charge is 0.283 e. The second-order valence-electron chi connectivity index (χ2n) is 4.67. The summed E-state index contributed by atoms with van der Waals surface area (Å²) in [5.41, 5.74) is 1.50. The second kappa shape index (κ2) is 5.30. The lowest BCUT2D eigenvalue weighted by Gasteiger charge is -2.17. The van der Waals surface area contributed by atoms with Gasteiger partial charge in [-0.15, -0.1) is 0 Å². The lowest BCUT2D eigenvalue weighted by molar-refractivity contribution is 0.606. The van der Waals surface area contributed by atoms with Crippen molar-refractivity contribution in [3.63, 3.8) is 0 Å². The number of hydrogen-bond donors (Lipinski definition) is 1. The molecule has 0 aliphatic rings. The van der Waals surface area contributed by atoms with Gasteiger partial charge in [-0.05, 0) is 36.1 Å². The Morgan fingerprint density at radius 1 is 1.16 bits per heavy atom. The standard InChI is InChI=1S/C11H16ClNO4S2/c1-7(2)10-6-9(19(12,16)17)5-8(3)11(10)13-18(4,14)15/h5-7,13H,1-4H3. The first kappa shape index (κ1) is 16.3. The highest BCUT2D eigenvalue weighted by molar-refractivity contribution is 8.13. The average molecular weight is 326 g/mol. The lowest BCUT2D eigenvalue weighted by Crippen LogP contribution is -2.13. The van der Waals surface area contributed by atoms with Crippen molar-refractivity contribution in [2.75, 3.05) is 11.0 Å². The van der Waals surface area contributed by atoms with Crippen molar-refractivity contribution < 1.29 is 16.8 Å². The van der Waals surface area contributed by atoms with E-state index in [-0.39, 0.29) is 10.8 Å². The van der Waals surface area contributed by atoms with E-state index in [2.05, 4.69) is 4.72 Å². The van der Waals surface area contributed by atoms with Crippen LogP contribution in [0.25, 0.3) is 0 Å². The van der Waals surface area contributed by atoms with Crippen molar-refractivity contribution in [2.45, 2.75) is 31.6 Å². The molecule has 1 aromatic carbocycles. The van der Waals surface area contributed by atoms with Crippen LogP contribution in [0.3, 0.4) is 0 Å². The van der Waals surface area contributed by atoms with Crippen molar-refractivity contribution in [1.29, 1.82) is 0 Å². The maximum Gasteiger partial charge on any atom is 0.261 e. The molecule has 108 valence electrons. The maximum atomic E-state index is 11.4. The number of benzene rings is 1. The molecule has 1 rings (SSSR count). The zero-order chi connectivity index (χ0) is 15.0. The van der Waals surface area contributed by atoms with Gasteiger partial charge in [0.1, 0.15) is 0 Å². The Morgan fingerprint density at radius 3 is 2.05 bits per heavy atom. The van der Waals surface area contributed by atoms with Crippen LogP contribution in [0, 0.1) is 6.92 Å². The first-order chi connectivity index (χ1) is 8.42. The predicted octanol–water partition coefficient (Wildman–Crippen LogP) is 2.42. The third-order valence-corrected chi connectivity index (χ3v) is 4.44. The Balaban J connectivity index is 3.57. The summed E-state index contributed by atoms with van der Waals surface area (Å²) >= 11 is 0. The van der Waals surface area contributed by atoms with Crippen LogP contribution in [0.4, 0.5) is 5.69 Å². The molecule has 0 fully saturated rings. The number of hydrogen-bond acceptors (Lipinski definition) is 4. The molecule has 0 radical (unpaired) electrons. The van der Waals surface area contributed by atoms with Crippen molar-refractivity contribution in [2.24, 2.45) is 0 Å². The fraction of sp³-hybridized carbons (Fsp3) is 0.455. The molecule has 0 saturated carbocycles. The van der Waals surface area contributed by atoms with Gasteiger partial charge in [0.15, 0.2) is 0 Å². The highest BCUT2D eigenvalue weighted by atomic mass is 35.7. The van der Waals surface area contributed by atoms with Gasteiger partial charge < -0.3 is 0 Å². The fourth-order valence-corrected chi connectivity index (χ4v) is 3.20. The Kier molecular flexibility index (Phi) is 4.54. The number of halogens is 1. The highest BCUT2D eigenvalue weighted by Gasteiger charge is 2.19. The van der Waals surface area contributed by atoms with Crippen molar-refractivity contribution in [3.05, 3.63) is 23.3 Å². The maximum absolute atomic E-state index is 11.4. The van der Waals surface area contributed by atoms with Crippen LogP contribution in [0.2, 0.25) is 0 Å². The van der Waals surface area contributed by atoms with E-state index in [0.29, 0.717) is 16.8 Å². The van der Waals surface area contributed by atoms with Gasteiger partial charge in [0, 0.05) is 10.7 Å². The lowest BCUT2D eigenvalue weighted by atomic mass is 9.99. The molecule has 0 aliphatic heterocycles. The van der Waals surface area contributed by atoms with Crippen LogP contribution in [-0.2, 0) is 19.1 Å². The Hall–Kier alpha value is -0.790. The van der Waals surface area contributed by atoms with Crippen molar-refractivity contribution in [1.82, 2.24) is 0 Å². The van der Waals surface area contributed by atoms with Gasteiger partial charge in [-0.1, -0.05) is 13.8 Å². The monoisotopic (exact) mass is 325 g/mol. The van der Waals surface area contributed by atoms with Crippen LogP contribution < -0.4 is 4.72 Å². The van der Waals surface area contributed by atoms with Crippen LogP contribution in [0.15, 0.2) is 17.0 Å². The van der Waals surface area contributed by atoms with Crippen LogP contribution in [0.1, 0.15) is 30.9 Å². The Morgan fingerprint density at radius 2 is 1.68 bits per heavy atom. The third kappa shape index (κ3) is 4.36. The summed E-state index contributed by atoms with van der Waals surface area (Å²) in [5, 5.41) is 0. The zero-order valence-corrected chi connectivity index (χ0v) is 13.4. The van der Waals surface area contributed by atoms with E-state index < -0.39 is 19.1 Å². The quantitative estimate of drug-likeness (QED) is 0.862. The van der Waals surface area contributed by atoms with Gasteiger partial charge in [-0.2, -0.15) is 0 Å². The molecule has 1 aromatic rings. The molecule has 0 aliphatic carbocycles. The number of rotatable bonds is 4. The minimum absolute atomic E-state index is 0.0329. The van der Waals surface area contributed by atoms with Gasteiger partial charge in [0.05, 0.1) is 16.8 Å². The number of aryl methyl sites for hydroxylation is 1. The smallest absolute Gasteiger partial charge is 0.261 e.